The van der Waals surface area contributed by atoms with Crippen LogP contribution in [0.1, 0.15) is 23.6 Å². The predicted octanol–water partition coefficient (Wildman–Crippen LogP) is 4.78. The Morgan fingerprint density at radius 3 is 2.36 bits per heavy atom. The Hall–Kier alpha value is -1.81. The molecule has 3 nitrogen and oxygen atoms in total. The first-order chi connectivity index (χ1) is 10.4. The van der Waals surface area contributed by atoms with Gasteiger partial charge in [-0.25, -0.2) is 0 Å². The fraction of sp³-hybridized carbons (Fsp3) is 0.278. The van der Waals surface area contributed by atoms with Crippen LogP contribution in [0.15, 0.2) is 40.9 Å². The molecule has 0 saturated carbocycles. The number of ether oxygens (including phenoxy) is 1. The van der Waals surface area contributed by atoms with Gasteiger partial charge in [-0.2, -0.15) is 0 Å². The lowest BCUT2D eigenvalue weighted by Gasteiger charge is -2.17. The molecule has 0 aliphatic heterocycles. The Morgan fingerprint density at radius 1 is 1.14 bits per heavy atom. The molecule has 2 aromatic rings. The summed E-state index contributed by atoms with van der Waals surface area (Å²) in [5, 5.41) is 2.96. The number of hydrogen-bond donors (Lipinski definition) is 1. The van der Waals surface area contributed by atoms with E-state index in [0.717, 1.165) is 21.3 Å². The van der Waals surface area contributed by atoms with Crippen LogP contribution in [-0.2, 0) is 4.79 Å². The molecule has 4 heteroatoms. The number of anilines is 1. The Bertz CT molecular complexity index is 674. The quantitative estimate of drug-likeness (QED) is 0.850. The van der Waals surface area contributed by atoms with Gasteiger partial charge < -0.3 is 10.1 Å². The minimum absolute atomic E-state index is 0.157. The zero-order valence-electron chi connectivity index (χ0n) is 13.2. The zero-order valence-corrected chi connectivity index (χ0v) is 14.8. The smallest absolute Gasteiger partial charge is 0.265 e. The highest BCUT2D eigenvalue weighted by molar-refractivity contribution is 9.10. The van der Waals surface area contributed by atoms with Crippen LogP contribution in [0.3, 0.4) is 0 Å². The van der Waals surface area contributed by atoms with Gasteiger partial charge in [-0.3, -0.25) is 4.79 Å². The molecule has 1 N–H and O–H groups in total. The molecule has 1 unspecified atom stereocenters. The minimum atomic E-state index is -0.575. The molecule has 0 heterocycles. The molecule has 0 radical (unpaired) electrons. The number of rotatable bonds is 4. The highest BCUT2D eigenvalue weighted by Gasteiger charge is 2.17. The molecule has 0 aromatic heterocycles. The van der Waals surface area contributed by atoms with Crippen LogP contribution in [0.2, 0.25) is 0 Å². The number of amides is 1. The molecule has 22 heavy (non-hydrogen) atoms. The van der Waals surface area contributed by atoms with Gasteiger partial charge in [0, 0.05) is 10.2 Å². The van der Waals surface area contributed by atoms with Gasteiger partial charge in [-0.05, 0) is 57.0 Å². The fourth-order valence-corrected chi connectivity index (χ4v) is 2.78. The van der Waals surface area contributed by atoms with Crippen LogP contribution >= 0.6 is 15.9 Å². The normalized spacial score (nSPS) is 11.9. The van der Waals surface area contributed by atoms with Crippen LogP contribution < -0.4 is 10.1 Å². The molecule has 2 aromatic carbocycles. The molecular weight excluding hydrogens is 342 g/mol. The number of nitrogens with one attached hydrogen (secondary N) is 1. The third kappa shape index (κ3) is 4.10. The second-order valence-corrected chi connectivity index (χ2v) is 6.40. The summed E-state index contributed by atoms with van der Waals surface area (Å²) in [4.78, 5) is 12.3. The highest BCUT2D eigenvalue weighted by atomic mass is 79.9. The zero-order chi connectivity index (χ0) is 16.3. The van der Waals surface area contributed by atoms with Crippen LogP contribution in [0.4, 0.5) is 5.69 Å². The maximum atomic E-state index is 12.3. The number of hydrogen-bond acceptors (Lipinski definition) is 2. The molecule has 0 saturated heterocycles. The van der Waals surface area contributed by atoms with Crippen LogP contribution in [0.5, 0.6) is 5.75 Å². The van der Waals surface area contributed by atoms with Crippen molar-refractivity contribution in [1.82, 2.24) is 0 Å². The number of carbonyl (C=O) groups excluding carboxylic acids is 1. The second-order valence-electron chi connectivity index (χ2n) is 5.48. The summed E-state index contributed by atoms with van der Waals surface area (Å²) < 4.78 is 6.61. The topological polar surface area (TPSA) is 38.3 Å². The van der Waals surface area contributed by atoms with Gasteiger partial charge in [-0.1, -0.05) is 39.7 Å². The third-order valence-electron chi connectivity index (χ3n) is 3.40. The van der Waals surface area contributed by atoms with Crippen molar-refractivity contribution in [3.05, 3.63) is 57.6 Å². The van der Waals surface area contributed by atoms with Gasteiger partial charge >= 0.3 is 0 Å². The van der Waals surface area contributed by atoms with E-state index in [4.69, 9.17) is 4.74 Å². The van der Waals surface area contributed by atoms with E-state index in [1.165, 1.54) is 5.56 Å². The summed E-state index contributed by atoms with van der Waals surface area (Å²) in [6, 6.07) is 11.6. The van der Waals surface area contributed by atoms with E-state index in [9.17, 15) is 4.79 Å². The van der Waals surface area contributed by atoms with Crippen molar-refractivity contribution in [2.45, 2.75) is 33.8 Å². The lowest BCUT2D eigenvalue weighted by Crippen LogP contribution is -2.30. The molecule has 116 valence electrons. The minimum Gasteiger partial charge on any atom is -0.481 e. The lowest BCUT2D eigenvalue weighted by atomic mass is 10.0. The van der Waals surface area contributed by atoms with Gasteiger partial charge in [0.2, 0.25) is 0 Å². The van der Waals surface area contributed by atoms with Crippen molar-refractivity contribution >= 4 is 27.5 Å². The number of carbonyl (C=O) groups is 1. The SMILES string of the molecule is Cc1cc(C)c(NC(=O)C(C)Oc2cccc(Br)c2)c(C)c1. The Kier molecular flexibility index (Phi) is 5.24. The van der Waals surface area contributed by atoms with Crippen LogP contribution in [0, 0.1) is 20.8 Å². The van der Waals surface area contributed by atoms with E-state index >= 15 is 0 Å². The van der Waals surface area contributed by atoms with E-state index in [2.05, 4.69) is 33.4 Å². The third-order valence-corrected chi connectivity index (χ3v) is 3.90. The second kappa shape index (κ2) is 6.97. The summed E-state index contributed by atoms with van der Waals surface area (Å²) in [7, 11) is 0. The van der Waals surface area contributed by atoms with Gasteiger partial charge in [0.15, 0.2) is 6.10 Å². The fourth-order valence-electron chi connectivity index (χ4n) is 2.40. The molecule has 0 aliphatic rings. The number of halogens is 1. The summed E-state index contributed by atoms with van der Waals surface area (Å²) in [5.41, 5.74) is 4.16. The van der Waals surface area contributed by atoms with Gasteiger partial charge in [0.1, 0.15) is 5.75 Å². The molecule has 0 aliphatic carbocycles. The van der Waals surface area contributed by atoms with Gasteiger partial charge in [-0.15, -0.1) is 0 Å². The van der Waals surface area contributed by atoms with Crippen LogP contribution in [0.25, 0.3) is 0 Å². The van der Waals surface area contributed by atoms with Gasteiger partial charge in [0.05, 0.1) is 0 Å². The Morgan fingerprint density at radius 2 is 1.77 bits per heavy atom. The molecule has 0 bridgehead atoms. The summed E-state index contributed by atoms with van der Waals surface area (Å²) >= 11 is 3.39. The largest absolute Gasteiger partial charge is 0.481 e. The van der Waals surface area contributed by atoms with E-state index in [1.807, 2.05) is 45.0 Å². The standard InChI is InChI=1S/C18H20BrNO2/c1-11-8-12(2)17(13(3)9-11)20-18(21)14(4)22-16-7-5-6-15(19)10-16/h5-10,14H,1-4H3,(H,20,21). The van der Waals surface area contributed by atoms with Gasteiger partial charge in [0.25, 0.3) is 5.91 Å². The predicted molar refractivity (Wildman–Crippen MR) is 93.5 cm³/mol. The van der Waals surface area contributed by atoms with E-state index < -0.39 is 6.10 Å². The maximum Gasteiger partial charge on any atom is 0.265 e. The monoisotopic (exact) mass is 361 g/mol. The molecule has 0 spiro atoms. The first-order valence-electron chi connectivity index (χ1n) is 7.18. The van der Waals surface area contributed by atoms with Crippen molar-refractivity contribution in [2.24, 2.45) is 0 Å². The molecular formula is C18H20BrNO2. The van der Waals surface area contributed by atoms with E-state index in [0.29, 0.717) is 5.75 Å². The summed E-state index contributed by atoms with van der Waals surface area (Å²) in [6.07, 6.45) is -0.575. The summed E-state index contributed by atoms with van der Waals surface area (Å²) in [5.74, 6) is 0.504. The average molecular weight is 362 g/mol. The van der Waals surface area contributed by atoms with Crippen molar-refractivity contribution in [3.63, 3.8) is 0 Å². The summed E-state index contributed by atoms with van der Waals surface area (Å²) in [6.45, 7) is 7.78. The first-order valence-corrected chi connectivity index (χ1v) is 7.97. The Labute approximate surface area is 139 Å². The molecule has 1 atom stereocenters. The first kappa shape index (κ1) is 16.6. The van der Waals surface area contributed by atoms with E-state index in [1.54, 1.807) is 6.92 Å². The number of aryl methyl sites for hydroxylation is 3. The van der Waals surface area contributed by atoms with Crippen molar-refractivity contribution in [1.29, 1.82) is 0 Å². The lowest BCUT2D eigenvalue weighted by molar-refractivity contribution is -0.122. The molecule has 1 amide bonds. The van der Waals surface area contributed by atoms with E-state index in [-0.39, 0.29) is 5.91 Å². The van der Waals surface area contributed by atoms with Crippen molar-refractivity contribution in [2.75, 3.05) is 5.32 Å². The van der Waals surface area contributed by atoms with Crippen molar-refractivity contribution in [3.8, 4) is 5.75 Å². The Balaban J connectivity index is 2.09. The van der Waals surface area contributed by atoms with Crippen LogP contribution in [-0.4, -0.2) is 12.0 Å². The molecule has 2 rings (SSSR count). The number of benzene rings is 2. The molecule has 0 fully saturated rings. The average Bonchev–Trinajstić information content (AvgIpc) is 2.42. The highest BCUT2D eigenvalue weighted by Crippen LogP contribution is 2.23. The maximum absolute atomic E-state index is 12.3. The van der Waals surface area contributed by atoms with Crippen molar-refractivity contribution < 1.29 is 9.53 Å².